The largest absolute Gasteiger partial charge is 0.300 e. The average Bonchev–Trinajstić information content (AvgIpc) is 2.15. The number of rotatable bonds is 2. The second-order valence-electron chi connectivity index (χ2n) is 6.06. The van der Waals surface area contributed by atoms with Gasteiger partial charge in [-0.15, -0.1) is 0 Å². The zero-order chi connectivity index (χ0) is 11.0. The molecule has 0 amide bonds. The maximum absolute atomic E-state index is 2.68. The average molecular weight is 210 g/mol. The Hall–Kier alpha value is -0.0800. The van der Waals surface area contributed by atoms with Crippen molar-refractivity contribution in [3.63, 3.8) is 0 Å². The number of hydrogen-bond donors (Lipinski definition) is 0. The first-order chi connectivity index (χ1) is 7.06. The highest BCUT2D eigenvalue weighted by atomic mass is 15.2. The van der Waals surface area contributed by atoms with Gasteiger partial charge in [-0.1, -0.05) is 0 Å². The zero-order valence-corrected chi connectivity index (χ0v) is 10.7. The first-order valence-corrected chi connectivity index (χ1v) is 6.54. The molecule has 2 aliphatic rings. The summed E-state index contributed by atoms with van der Waals surface area (Å²) in [5, 5.41) is 0. The molecule has 0 unspecified atom stereocenters. The SMILES string of the molecule is CC(C)N1CC2CC(C1)CN(C(C)C)C2. The van der Waals surface area contributed by atoms with Crippen LogP contribution in [0.4, 0.5) is 0 Å². The van der Waals surface area contributed by atoms with Crippen LogP contribution < -0.4 is 0 Å². The minimum absolute atomic E-state index is 0.737. The summed E-state index contributed by atoms with van der Waals surface area (Å²) >= 11 is 0. The van der Waals surface area contributed by atoms with Crippen LogP contribution in [-0.4, -0.2) is 48.1 Å². The molecule has 2 bridgehead atoms. The first-order valence-electron chi connectivity index (χ1n) is 6.54. The van der Waals surface area contributed by atoms with Crippen LogP contribution in [0.25, 0.3) is 0 Å². The Kier molecular flexibility index (Phi) is 3.36. The molecule has 0 aliphatic carbocycles. The van der Waals surface area contributed by atoms with Gasteiger partial charge in [-0.2, -0.15) is 0 Å². The minimum Gasteiger partial charge on any atom is -0.300 e. The summed E-state index contributed by atoms with van der Waals surface area (Å²) < 4.78 is 0. The van der Waals surface area contributed by atoms with E-state index in [2.05, 4.69) is 37.5 Å². The van der Waals surface area contributed by atoms with Crippen LogP contribution in [0.15, 0.2) is 0 Å². The predicted molar refractivity (Wildman–Crippen MR) is 65.0 cm³/mol. The molecule has 88 valence electrons. The van der Waals surface area contributed by atoms with E-state index in [0.29, 0.717) is 0 Å². The van der Waals surface area contributed by atoms with Crippen molar-refractivity contribution >= 4 is 0 Å². The van der Waals surface area contributed by atoms with Gasteiger partial charge in [0.05, 0.1) is 0 Å². The Balaban J connectivity index is 1.96. The van der Waals surface area contributed by atoms with Gasteiger partial charge in [0.25, 0.3) is 0 Å². The van der Waals surface area contributed by atoms with Gasteiger partial charge in [-0.3, -0.25) is 0 Å². The Bertz CT molecular complexity index is 179. The zero-order valence-electron chi connectivity index (χ0n) is 10.7. The second-order valence-corrected chi connectivity index (χ2v) is 6.06. The lowest BCUT2D eigenvalue weighted by atomic mass is 9.83. The molecule has 0 spiro atoms. The maximum atomic E-state index is 2.68. The van der Waals surface area contributed by atoms with Gasteiger partial charge in [0.2, 0.25) is 0 Å². The number of hydrogen-bond acceptors (Lipinski definition) is 2. The van der Waals surface area contributed by atoms with E-state index in [-0.39, 0.29) is 0 Å². The monoisotopic (exact) mass is 210 g/mol. The molecule has 2 aliphatic heterocycles. The van der Waals surface area contributed by atoms with Crippen LogP contribution >= 0.6 is 0 Å². The lowest BCUT2D eigenvalue weighted by Gasteiger charge is -2.48. The van der Waals surface area contributed by atoms with Gasteiger partial charge < -0.3 is 9.80 Å². The van der Waals surface area contributed by atoms with Crippen LogP contribution in [0.3, 0.4) is 0 Å². The van der Waals surface area contributed by atoms with E-state index in [9.17, 15) is 0 Å². The van der Waals surface area contributed by atoms with E-state index < -0.39 is 0 Å². The summed E-state index contributed by atoms with van der Waals surface area (Å²) in [6.45, 7) is 14.7. The molecule has 0 aromatic rings. The molecule has 2 saturated heterocycles. The van der Waals surface area contributed by atoms with Crippen LogP contribution in [0, 0.1) is 11.8 Å². The molecular weight excluding hydrogens is 184 g/mol. The van der Waals surface area contributed by atoms with Crippen LogP contribution in [0.5, 0.6) is 0 Å². The Labute approximate surface area is 94.6 Å². The molecule has 2 heteroatoms. The molecular formula is C13H26N2. The number of piperidine rings is 2. The highest BCUT2D eigenvalue weighted by Crippen LogP contribution is 2.30. The van der Waals surface area contributed by atoms with Crippen molar-refractivity contribution in [2.45, 2.75) is 46.2 Å². The molecule has 0 N–H and O–H groups in total. The lowest BCUT2D eigenvalue weighted by Crippen LogP contribution is -2.55. The van der Waals surface area contributed by atoms with Gasteiger partial charge in [0.15, 0.2) is 0 Å². The fourth-order valence-electron chi connectivity index (χ4n) is 3.20. The van der Waals surface area contributed by atoms with Crippen LogP contribution in [0.2, 0.25) is 0 Å². The van der Waals surface area contributed by atoms with Crippen LogP contribution in [-0.2, 0) is 0 Å². The molecule has 2 heterocycles. The molecule has 0 radical (unpaired) electrons. The fraction of sp³-hybridized carbons (Fsp3) is 1.00. The summed E-state index contributed by atoms with van der Waals surface area (Å²) in [4.78, 5) is 5.35. The van der Waals surface area contributed by atoms with Gasteiger partial charge in [0, 0.05) is 38.3 Å². The quantitative estimate of drug-likeness (QED) is 0.688. The molecule has 15 heavy (non-hydrogen) atoms. The third-order valence-corrected chi connectivity index (χ3v) is 4.10. The normalized spacial score (nSPS) is 34.0. The predicted octanol–water partition coefficient (Wildman–Crippen LogP) is 2.06. The first kappa shape index (κ1) is 11.4. The third kappa shape index (κ3) is 2.54. The number of fused-ring (bicyclic) bond motifs is 2. The highest BCUT2D eigenvalue weighted by Gasteiger charge is 2.35. The van der Waals surface area contributed by atoms with Gasteiger partial charge in [-0.05, 0) is 46.0 Å². The molecule has 0 aromatic carbocycles. The van der Waals surface area contributed by atoms with Gasteiger partial charge in [0.1, 0.15) is 0 Å². The summed E-state index contributed by atoms with van der Waals surface area (Å²) in [6, 6.07) is 1.47. The van der Waals surface area contributed by atoms with Crippen molar-refractivity contribution in [3.8, 4) is 0 Å². The smallest absolute Gasteiger partial charge is 0.00388 e. The minimum atomic E-state index is 0.737. The van der Waals surface area contributed by atoms with E-state index in [1.165, 1.54) is 32.6 Å². The van der Waals surface area contributed by atoms with E-state index in [1.54, 1.807) is 0 Å². The molecule has 0 atom stereocenters. The van der Waals surface area contributed by atoms with E-state index in [0.717, 1.165) is 23.9 Å². The van der Waals surface area contributed by atoms with E-state index in [4.69, 9.17) is 0 Å². The van der Waals surface area contributed by atoms with Crippen molar-refractivity contribution in [2.24, 2.45) is 11.8 Å². The molecule has 2 fully saturated rings. The van der Waals surface area contributed by atoms with E-state index in [1.807, 2.05) is 0 Å². The number of likely N-dealkylation sites (tertiary alicyclic amines) is 2. The summed E-state index contributed by atoms with van der Waals surface area (Å²) in [5.74, 6) is 1.87. The fourth-order valence-corrected chi connectivity index (χ4v) is 3.20. The van der Waals surface area contributed by atoms with Crippen LogP contribution in [0.1, 0.15) is 34.1 Å². The van der Waals surface area contributed by atoms with E-state index >= 15 is 0 Å². The molecule has 0 saturated carbocycles. The lowest BCUT2D eigenvalue weighted by molar-refractivity contribution is 0.00570. The summed E-state index contributed by atoms with van der Waals surface area (Å²) in [5.41, 5.74) is 0. The molecule has 2 rings (SSSR count). The van der Waals surface area contributed by atoms with Crippen molar-refractivity contribution in [1.29, 1.82) is 0 Å². The topological polar surface area (TPSA) is 6.48 Å². The Morgan fingerprint density at radius 1 is 0.733 bits per heavy atom. The van der Waals surface area contributed by atoms with Crippen molar-refractivity contribution in [1.82, 2.24) is 9.80 Å². The highest BCUT2D eigenvalue weighted by molar-refractivity contribution is 4.89. The van der Waals surface area contributed by atoms with Crippen molar-refractivity contribution < 1.29 is 0 Å². The van der Waals surface area contributed by atoms with Crippen molar-refractivity contribution in [2.75, 3.05) is 26.2 Å². The van der Waals surface area contributed by atoms with Gasteiger partial charge >= 0.3 is 0 Å². The third-order valence-electron chi connectivity index (χ3n) is 4.10. The summed E-state index contributed by atoms with van der Waals surface area (Å²) in [6.07, 6.45) is 1.48. The summed E-state index contributed by atoms with van der Waals surface area (Å²) in [7, 11) is 0. The second kappa shape index (κ2) is 4.42. The molecule has 2 nitrogen and oxygen atoms in total. The standard InChI is InChI=1S/C13H26N2/c1-10(2)14-6-12-5-13(7-14)9-15(8-12)11(3)4/h10-13H,5-9H2,1-4H3. The Morgan fingerprint density at radius 2 is 1.07 bits per heavy atom. The molecule has 0 aromatic heterocycles. The maximum Gasteiger partial charge on any atom is 0.00388 e. The Morgan fingerprint density at radius 3 is 1.33 bits per heavy atom. The van der Waals surface area contributed by atoms with Crippen molar-refractivity contribution in [3.05, 3.63) is 0 Å². The number of nitrogens with zero attached hydrogens (tertiary/aromatic N) is 2. The van der Waals surface area contributed by atoms with Gasteiger partial charge in [-0.25, -0.2) is 0 Å².